The Morgan fingerprint density at radius 1 is 1.47 bits per heavy atom. The number of halogens is 2. The zero-order valence-electron chi connectivity index (χ0n) is 11.5. The normalized spacial score (nSPS) is 17.9. The van der Waals surface area contributed by atoms with Crippen molar-refractivity contribution in [1.82, 2.24) is 9.88 Å². The van der Waals surface area contributed by atoms with Gasteiger partial charge in [-0.2, -0.15) is 0 Å². The van der Waals surface area contributed by atoms with Crippen LogP contribution in [-0.2, 0) is 0 Å². The Hall–Kier alpha value is -0.320. The number of anilines is 1. The molecule has 0 unspecified atom stereocenters. The topological polar surface area (TPSA) is 28.2 Å². The van der Waals surface area contributed by atoms with Crippen LogP contribution in [0.15, 0.2) is 16.7 Å². The van der Waals surface area contributed by atoms with E-state index in [4.69, 9.17) is 11.6 Å². The van der Waals surface area contributed by atoms with Crippen LogP contribution in [0.2, 0.25) is 5.15 Å². The van der Waals surface area contributed by atoms with Crippen molar-refractivity contribution < 1.29 is 0 Å². The fourth-order valence-corrected chi connectivity index (χ4v) is 2.96. The molecule has 1 N–H and O–H groups in total. The average Bonchev–Trinajstić information content (AvgIpc) is 2.36. The van der Waals surface area contributed by atoms with Gasteiger partial charge in [0, 0.05) is 25.7 Å². The fraction of sp³-hybridized carbons (Fsp3) is 0.643. The summed E-state index contributed by atoms with van der Waals surface area (Å²) in [6, 6.07) is 2.54. The number of hydrogen-bond acceptors (Lipinski definition) is 3. The third-order valence-corrected chi connectivity index (χ3v) is 4.51. The number of pyridine rings is 1. The maximum Gasteiger partial charge on any atom is 0.143 e. The van der Waals surface area contributed by atoms with Gasteiger partial charge in [0.1, 0.15) is 5.15 Å². The quantitative estimate of drug-likeness (QED) is 0.834. The van der Waals surface area contributed by atoms with Crippen molar-refractivity contribution in [2.24, 2.45) is 5.92 Å². The first-order valence-electron chi connectivity index (χ1n) is 6.84. The molecule has 1 aliphatic rings. The minimum atomic E-state index is 0.511. The molecule has 1 fully saturated rings. The zero-order chi connectivity index (χ0) is 13.8. The van der Waals surface area contributed by atoms with Crippen molar-refractivity contribution >= 4 is 33.2 Å². The second-order valence-corrected chi connectivity index (χ2v) is 6.82. The fourth-order valence-electron chi connectivity index (χ4n) is 2.51. The molecule has 1 aromatic heterocycles. The Morgan fingerprint density at radius 3 is 2.74 bits per heavy atom. The molecule has 2 rings (SSSR count). The van der Waals surface area contributed by atoms with Gasteiger partial charge in [-0.15, -0.1) is 0 Å². The van der Waals surface area contributed by atoms with Crippen LogP contribution in [-0.4, -0.2) is 35.6 Å². The number of aromatic nitrogens is 1. The number of nitrogens with zero attached hydrogens (tertiary/aromatic N) is 2. The highest BCUT2D eigenvalue weighted by Gasteiger charge is 2.19. The van der Waals surface area contributed by atoms with Gasteiger partial charge in [0.15, 0.2) is 0 Å². The SMILES string of the molecule is CC(C)CN1CCC(Nc2cnc(Cl)c(Br)c2)CC1. The van der Waals surface area contributed by atoms with Gasteiger partial charge in [-0.1, -0.05) is 25.4 Å². The molecule has 2 heterocycles. The monoisotopic (exact) mass is 345 g/mol. The van der Waals surface area contributed by atoms with Gasteiger partial charge in [-0.25, -0.2) is 4.98 Å². The Labute approximate surface area is 128 Å². The standard InChI is InChI=1S/C14H21BrClN3/c1-10(2)9-19-5-3-11(4-6-19)18-12-7-13(15)14(16)17-8-12/h7-8,10-11,18H,3-6,9H2,1-2H3. The highest BCUT2D eigenvalue weighted by molar-refractivity contribution is 9.10. The molecule has 0 saturated carbocycles. The molecule has 0 radical (unpaired) electrons. The Bertz CT molecular complexity index is 417. The minimum Gasteiger partial charge on any atom is -0.381 e. The molecule has 1 saturated heterocycles. The summed E-state index contributed by atoms with van der Waals surface area (Å²) in [4.78, 5) is 6.70. The molecular formula is C14H21BrClN3. The summed E-state index contributed by atoms with van der Waals surface area (Å²) in [7, 11) is 0. The van der Waals surface area contributed by atoms with Crippen molar-refractivity contribution in [2.75, 3.05) is 25.0 Å². The summed E-state index contributed by atoms with van der Waals surface area (Å²) in [5.41, 5.74) is 1.04. The second-order valence-electron chi connectivity index (χ2n) is 5.61. The maximum absolute atomic E-state index is 5.90. The number of rotatable bonds is 4. The summed E-state index contributed by atoms with van der Waals surface area (Å²) in [5.74, 6) is 0.751. The van der Waals surface area contributed by atoms with Crippen LogP contribution >= 0.6 is 27.5 Å². The molecule has 1 aromatic rings. The van der Waals surface area contributed by atoms with E-state index in [9.17, 15) is 0 Å². The second kappa shape index (κ2) is 6.91. The molecule has 1 aliphatic heterocycles. The van der Waals surface area contributed by atoms with Gasteiger partial charge < -0.3 is 10.2 Å². The summed E-state index contributed by atoms with van der Waals surface area (Å²) in [5, 5.41) is 4.06. The predicted octanol–water partition coefficient (Wildman–Crippen LogP) is 4.03. The number of piperidine rings is 1. The van der Waals surface area contributed by atoms with Crippen LogP contribution in [0.1, 0.15) is 26.7 Å². The van der Waals surface area contributed by atoms with Crippen LogP contribution in [0.5, 0.6) is 0 Å². The summed E-state index contributed by atoms with van der Waals surface area (Å²) in [6.07, 6.45) is 4.17. The van der Waals surface area contributed by atoms with Gasteiger partial charge in [0.25, 0.3) is 0 Å². The van der Waals surface area contributed by atoms with Crippen molar-refractivity contribution in [1.29, 1.82) is 0 Å². The molecule has 0 aromatic carbocycles. The van der Waals surface area contributed by atoms with Gasteiger partial charge in [-0.3, -0.25) is 0 Å². The number of nitrogens with one attached hydrogen (secondary N) is 1. The van der Waals surface area contributed by atoms with Crippen molar-refractivity contribution in [3.8, 4) is 0 Å². The largest absolute Gasteiger partial charge is 0.381 e. The molecule has 19 heavy (non-hydrogen) atoms. The molecular weight excluding hydrogens is 326 g/mol. The first-order valence-corrected chi connectivity index (χ1v) is 8.01. The van der Waals surface area contributed by atoms with E-state index in [0.717, 1.165) is 16.1 Å². The molecule has 3 nitrogen and oxygen atoms in total. The maximum atomic E-state index is 5.90. The summed E-state index contributed by atoms with van der Waals surface area (Å²) >= 11 is 9.30. The average molecular weight is 347 g/mol. The van der Waals surface area contributed by atoms with E-state index in [0.29, 0.717) is 11.2 Å². The van der Waals surface area contributed by atoms with Crippen LogP contribution in [0.4, 0.5) is 5.69 Å². The number of likely N-dealkylation sites (tertiary alicyclic amines) is 1. The summed E-state index contributed by atoms with van der Waals surface area (Å²) < 4.78 is 0.844. The predicted molar refractivity (Wildman–Crippen MR) is 84.9 cm³/mol. The molecule has 0 aliphatic carbocycles. The lowest BCUT2D eigenvalue weighted by molar-refractivity contribution is 0.198. The minimum absolute atomic E-state index is 0.511. The molecule has 0 bridgehead atoms. The van der Waals surface area contributed by atoms with Crippen molar-refractivity contribution in [3.63, 3.8) is 0 Å². The van der Waals surface area contributed by atoms with Gasteiger partial charge in [0.05, 0.1) is 16.4 Å². The van der Waals surface area contributed by atoms with Crippen molar-refractivity contribution in [3.05, 3.63) is 21.9 Å². The lowest BCUT2D eigenvalue weighted by Crippen LogP contribution is -2.40. The Morgan fingerprint density at radius 2 is 2.16 bits per heavy atom. The molecule has 0 spiro atoms. The molecule has 0 amide bonds. The van der Waals surface area contributed by atoms with E-state index >= 15 is 0 Å². The van der Waals surface area contributed by atoms with E-state index in [1.54, 1.807) is 6.20 Å². The van der Waals surface area contributed by atoms with Crippen LogP contribution in [0.25, 0.3) is 0 Å². The lowest BCUT2D eigenvalue weighted by atomic mass is 10.0. The summed E-state index contributed by atoms with van der Waals surface area (Å²) in [6.45, 7) is 8.12. The van der Waals surface area contributed by atoms with Crippen LogP contribution < -0.4 is 5.32 Å². The van der Waals surface area contributed by atoms with Gasteiger partial charge >= 0.3 is 0 Å². The smallest absolute Gasteiger partial charge is 0.143 e. The molecule has 0 atom stereocenters. The van der Waals surface area contributed by atoms with E-state index < -0.39 is 0 Å². The Kier molecular flexibility index (Phi) is 5.48. The lowest BCUT2D eigenvalue weighted by Gasteiger charge is -2.33. The van der Waals surface area contributed by atoms with Crippen LogP contribution in [0.3, 0.4) is 0 Å². The first-order chi connectivity index (χ1) is 9.04. The zero-order valence-corrected chi connectivity index (χ0v) is 13.8. The van der Waals surface area contributed by atoms with E-state index in [1.807, 2.05) is 6.07 Å². The molecule has 106 valence electrons. The van der Waals surface area contributed by atoms with E-state index in [1.165, 1.54) is 32.5 Å². The van der Waals surface area contributed by atoms with E-state index in [2.05, 4.69) is 45.0 Å². The van der Waals surface area contributed by atoms with E-state index in [-0.39, 0.29) is 0 Å². The highest BCUT2D eigenvalue weighted by atomic mass is 79.9. The third-order valence-electron chi connectivity index (χ3n) is 3.38. The first kappa shape index (κ1) is 15.1. The Balaban J connectivity index is 1.83. The van der Waals surface area contributed by atoms with Gasteiger partial charge in [-0.05, 0) is 40.8 Å². The van der Waals surface area contributed by atoms with Crippen LogP contribution in [0, 0.1) is 5.92 Å². The van der Waals surface area contributed by atoms with Crippen molar-refractivity contribution in [2.45, 2.75) is 32.7 Å². The van der Waals surface area contributed by atoms with Gasteiger partial charge in [0.2, 0.25) is 0 Å². The molecule has 5 heteroatoms. The third kappa shape index (κ3) is 4.62. The number of hydrogen-bond donors (Lipinski definition) is 1. The highest BCUT2D eigenvalue weighted by Crippen LogP contribution is 2.24.